The third-order valence-electron chi connectivity index (χ3n) is 4.95. The summed E-state index contributed by atoms with van der Waals surface area (Å²) < 4.78 is 1.93. The zero-order chi connectivity index (χ0) is 17.9. The number of rotatable bonds is 4. The summed E-state index contributed by atoms with van der Waals surface area (Å²) in [6.45, 7) is 0. The van der Waals surface area contributed by atoms with E-state index in [0.717, 1.165) is 30.7 Å². The standard InChI is InChI=1S/C19H24N4O2/c1-20-18(25)19(10-4-3-5-11-19)22-17(24)15-8-6-14(7-9-15)16-21-12-13-23(16)2/h6-9,12-13H,3-5,10-11H2,1-2H3,(H,20,25)(H,22,24). The molecule has 0 bridgehead atoms. The predicted molar refractivity (Wildman–Crippen MR) is 96.0 cm³/mol. The zero-order valence-corrected chi connectivity index (χ0v) is 14.7. The number of aryl methyl sites for hydroxylation is 1. The van der Waals surface area contributed by atoms with Gasteiger partial charge in [0.05, 0.1) is 0 Å². The highest BCUT2D eigenvalue weighted by molar-refractivity contribution is 5.99. The molecule has 1 heterocycles. The maximum Gasteiger partial charge on any atom is 0.252 e. The normalized spacial score (nSPS) is 16.2. The Kier molecular flexibility index (Phi) is 4.88. The molecule has 25 heavy (non-hydrogen) atoms. The molecular weight excluding hydrogens is 316 g/mol. The van der Waals surface area contributed by atoms with Crippen LogP contribution in [0.15, 0.2) is 36.7 Å². The van der Waals surface area contributed by atoms with Crippen LogP contribution in [-0.2, 0) is 11.8 Å². The fourth-order valence-corrected chi connectivity index (χ4v) is 3.51. The lowest BCUT2D eigenvalue weighted by atomic mass is 9.80. The van der Waals surface area contributed by atoms with Gasteiger partial charge in [-0.05, 0) is 25.0 Å². The van der Waals surface area contributed by atoms with E-state index >= 15 is 0 Å². The third kappa shape index (κ3) is 3.43. The molecule has 0 unspecified atom stereocenters. The van der Waals surface area contributed by atoms with E-state index in [1.165, 1.54) is 0 Å². The van der Waals surface area contributed by atoms with Crippen LogP contribution in [-0.4, -0.2) is 34.0 Å². The summed E-state index contributed by atoms with van der Waals surface area (Å²) in [6.07, 6.45) is 8.00. The molecule has 1 fully saturated rings. The number of carbonyl (C=O) groups excluding carboxylic acids is 2. The molecule has 2 amide bonds. The molecule has 0 spiro atoms. The van der Waals surface area contributed by atoms with Crippen molar-refractivity contribution in [1.29, 1.82) is 0 Å². The Balaban J connectivity index is 1.78. The highest BCUT2D eigenvalue weighted by Crippen LogP contribution is 2.29. The highest BCUT2D eigenvalue weighted by atomic mass is 16.2. The van der Waals surface area contributed by atoms with Crippen molar-refractivity contribution >= 4 is 11.8 Å². The Morgan fingerprint density at radius 1 is 1.12 bits per heavy atom. The first-order chi connectivity index (χ1) is 12.1. The summed E-state index contributed by atoms with van der Waals surface area (Å²) in [6, 6.07) is 7.31. The number of amides is 2. The number of imidazole rings is 1. The van der Waals surface area contributed by atoms with Gasteiger partial charge in [-0.25, -0.2) is 4.98 Å². The van der Waals surface area contributed by atoms with Gasteiger partial charge in [0.25, 0.3) is 5.91 Å². The molecule has 2 N–H and O–H groups in total. The number of hydrogen-bond donors (Lipinski definition) is 2. The maximum absolute atomic E-state index is 12.7. The van der Waals surface area contributed by atoms with Crippen LogP contribution in [0.25, 0.3) is 11.4 Å². The molecule has 1 aliphatic carbocycles. The van der Waals surface area contributed by atoms with Gasteiger partial charge in [-0.2, -0.15) is 0 Å². The lowest BCUT2D eigenvalue weighted by molar-refractivity contribution is -0.128. The first kappa shape index (κ1) is 17.2. The molecule has 6 nitrogen and oxygen atoms in total. The van der Waals surface area contributed by atoms with Gasteiger partial charge >= 0.3 is 0 Å². The number of aromatic nitrogens is 2. The van der Waals surface area contributed by atoms with E-state index in [9.17, 15) is 9.59 Å². The topological polar surface area (TPSA) is 76.0 Å². The van der Waals surface area contributed by atoms with Crippen molar-refractivity contribution in [3.63, 3.8) is 0 Å². The van der Waals surface area contributed by atoms with Crippen molar-refractivity contribution in [1.82, 2.24) is 20.2 Å². The molecule has 1 saturated carbocycles. The van der Waals surface area contributed by atoms with Crippen LogP contribution in [0.5, 0.6) is 0 Å². The van der Waals surface area contributed by atoms with Crippen molar-refractivity contribution in [2.45, 2.75) is 37.6 Å². The number of nitrogens with one attached hydrogen (secondary N) is 2. The van der Waals surface area contributed by atoms with Gasteiger partial charge < -0.3 is 15.2 Å². The average molecular weight is 340 g/mol. The van der Waals surface area contributed by atoms with Crippen molar-refractivity contribution in [2.24, 2.45) is 7.05 Å². The average Bonchev–Trinajstić information content (AvgIpc) is 3.07. The predicted octanol–water partition coefficient (Wildman–Crippen LogP) is 2.27. The van der Waals surface area contributed by atoms with E-state index in [0.29, 0.717) is 18.4 Å². The number of hydrogen-bond acceptors (Lipinski definition) is 3. The van der Waals surface area contributed by atoms with Gasteiger partial charge in [0.15, 0.2) is 0 Å². The zero-order valence-electron chi connectivity index (χ0n) is 14.7. The van der Waals surface area contributed by atoms with E-state index in [4.69, 9.17) is 0 Å². The molecule has 0 aliphatic heterocycles. The molecule has 2 aromatic rings. The van der Waals surface area contributed by atoms with E-state index in [2.05, 4.69) is 15.6 Å². The molecule has 132 valence electrons. The highest BCUT2D eigenvalue weighted by Gasteiger charge is 2.40. The second kappa shape index (κ2) is 7.09. The second-order valence-electron chi connectivity index (χ2n) is 6.62. The van der Waals surface area contributed by atoms with Crippen molar-refractivity contribution in [2.75, 3.05) is 7.05 Å². The molecule has 0 radical (unpaired) electrons. The summed E-state index contributed by atoms with van der Waals surface area (Å²) in [5.74, 6) is 0.531. The number of likely N-dealkylation sites (N-methyl/N-ethyl adjacent to an activating group) is 1. The lowest BCUT2D eigenvalue weighted by Gasteiger charge is -2.36. The van der Waals surface area contributed by atoms with E-state index in [1.807, 2.05) is 29.9 Å². The first-order valence-electron chi connectivity index (χ1n) is 8.68. The Morgan fingerprint density at radius 2 is 1.80 bits per heavy atom. The summed E-state index contributed by atoms with van der Waals surface area (Å²) in [4.78, 5) is 29.4. The SMILES string of the molecule is CNC(=O)C1(NC(=O)c2ccc(-c3nccn3C)cc2)CCCCC1. The summed E-state index contributed by atoms with van der Waals surface area (Å²) in [7, 11) is 3.55. The van der Waals surface area contributed by atoms with Gasteiger partial charge in [0.2, 0.25) is 5.91 Å². The molecule has 0 atom stereocenters. The molecule has 1 aromatic carbocycles. The smallest absolute Gasteiger partial charge is 0.252 e. The second-order valence-corrected chi connectivity index (χ2v) is 6.62. The quantitative estimate of drug-likeness (QED) is 0.896. The molecule has 1 aromatic heterocycles. The fourth-order valence-electron chi connectivity index (χ4n) is 3.51. The Bertz CT molecular complexity index is 758. The van der Waals surface area contributed by atoms with Crippen molar-refractivity contribution < 1.29 is 9.59 Å². The molecule has 0 saturated heterocycles. The van der Waals surface area contributed by atoms with Gasteiger partial charge in [-0.1, -0.05) is 31.4 Å². The monoisotopic (exact) mass is 340 g/mol. The number of carbonyl (C=O) groups is 2. The van der Waals surface area contributed by atoms with Gasteiger partial charge in [-0.3, -0.25) is 9.59 Å². The Hall–Kier alpha value is -2.63. The third-order valence-corrected chi connectivity index (χ3v) is 4.95. The maximum atomic E-state index is 12.7. The Morgan fingerprint density at radius 3 is 2.36 bits per heavy atom. The van der Waals surface area contributed by atoms with Crippen LogP contribution < -0.4 is 10.6 Å². The van der Waals surface area contributed by atoms with Crippen LogP contribution in [0.3, 0.4) is 0 Å². The van der Waals surface area contributed by atoms with Crippen LogP contribution in [0.4, 0.5) is 0 Å². The summed E-state index contributed by atoms with van der Waals surface area (Å²) in [5, 5.41) is 5.69. The lowest BCUT2D eigenvalue weighted by Crippen LogP contribution is -2.59. The fraction of sp³-hybridized carbons (Fsp3) is 0.421. The minimum atomic E-state index is -0.789. The van der Waals surface area contributed by atoms with Gasteiger partial charge in [0, 0.05) is 37.6 Å². The van der Waals surface area contributed by atoms with Gasteiger partial charge in [-0.15, -0.1) is 0 Å². The van der Waals surface area contributed by atoms with E-state index in [1.54, 1.807) is 25.4 Å². The van der Waals surface area contributed by atoms with Crippen molar-refractivity contribution in [3.05, 3.63) is 42.2 Å². The van der Waals surface area contributed by atoms with Crippen LogP contribution >= 0.6 is 0 Å². The van der Waals surface area contributed by atoms with Crippen LogP contribution in [0.2, 0.25) is 0 Å². The van der Waals surface area contributed by atoms with Crippen molar-refractivity contribution in [3.8, 4) is 11.4 Å². The minimum Gasteiger partial charge on any atom is -0.357 e. The first-order valence-corrected chi connectivity index (χ1v) is 8.68. The largest absolute Gasteiger partial charge is 0.357 e. The summed E-state index contributed by atoms with van der Waals surface area (Å²) >= 11 is 0. The molecule has 3 rings (SSSR count). The number of benzene rings is 1. The summed E-state index contributed by atoms with van der Waals surface area (Å²) in [5.41, 5.74) is 0.706. The van der Waals surface area contributed by atoms with E-state index in [-0.39, 0.29) is 11.8 Å². The minimum absolute atomic E-state index is 0.106. The molecule has 6 heteroatoms. The number of nitrogens with zero attached hydrogens (tertiary/aromatic N) is 2. The van der Waals surface area contributed by atoms with E-state index < -0.39 is 5.54 Å². The molecular formula is C19H24N4O2. The van der Waals surface area contributed by atoms with Crippen LogP contribution in [0.1, 0.15) is 42.5 Å². The van der Waals surface area contributed by atoms with Crippen LogP contribution in [0, 0.1) is 0 Å². The van der Waals surface area contributed by atoms with Gasteiger partial charge in [0.1, 0.15) is 11.4 Å². The Labute approximate surface area is 147 Å². The molecule has 1 aliphatic rings.